The van der Waals surface area contributed by atoms with Gasteiger partial charge in [0.05, 0.1) is 11.0 Å². The van der Waals surface area contributed by atoms with E-state index in [0.29, 0.717) is 12.1 Å². The minimum Gasteiger partial charge on any atom is -0.459 e. The van der Waals surface area contributed by atoms with Gasteiger partial charge in [0.25, 0.3) is 5.69 Å². The maximum atomic E-state index is 11.1. The zero-order valence-corrected chi connectivity index (χ0v) is 13.1. The van der Waals surface area contributed by atoms with Crippen LogP contribution in [0.25, 0.3) is 11.0 Å². The molecule has 5 nitrogen and oxygen atoms in total. The quantitative estimate of drug-likeness (QED) is 0.513. The van der Waals surface area contributed by atoms with Crippen LogP contribution in [0.4, 0.5) is 5.69 Å². The first-order valence-corrected chi connectivity index (χ1v) is 7.47. The number of benzene rings is 2. The highest BCUT2D eigenvalue weighted by Gasteiger charge is 2.20. The highest BCUT2D eigenvalue weighted by molar-refractivity contribution is 5.77. The third-order valence-corrected chi connectivity index (χ3v) is 4.13. The van der Waals surface area contributed by atoms with Gasteiger partial charge in [-0.15, -0.1) is 0 Å². The zero-order chi connectivity index (χ0) is 16.4. The van der Waals surface area contributed by atoms with Crippen molar-refractivity contribution >= 4 is 16.7 Å². The molecule has 0 saturated heterocycles. The number of nitrogens with zero attached hydrogens (tertiary/aromatic N) is 2. The smallest absolute Gasteiger partial charge is 0.273 e. The molecule has 2 aromatic carbocycles. The molecule has 0 saturated carbocycles. The molecule has 23 heavy (non-hydrogen) atoms. The summed E-state index contributed by atoms with van der Waals surface area (Å²) < 4.78 is 5.89. The summed E-state index contributed by atoms with van der Waals surface area (Å²) in [4.78, 5) is 12.8. The molecule has 3 aromatic rings. The van der Waals surface area contributed by atoms with Crippen LogP contribution in [0.3, 0.4) is 0 Å². The fraction of sp³-hybridized carbons (Fsp3) is 0.222. The molecule has 0 N–H and O–H groups in total. The third-order valence-electron chi connectivity index (χ3n) is 4.13. The van der Waals surface area contributed by atoms with Gasteiger partial charge in [0.15, 0.2) is 0 Å². The first kappa shape index (κ1) is 15.2. The Bertz CT molecular complexity index is 808. The van der Waals surface area contributed by atoms with Gasteiger partial charge in [-0.05, 0) is 26.1 Å². The molecule has 0 aliphatic carbocycles. The average molecular weight is 310 g/mol. The van der Waals surface area contributed by atoms with Gasteiger partial charge in [-0.3, -0.25) is 15.0 Å². The molecule has 0 bridgehead atoms. The summed E-state index contributed by atoms with van der Waals surface area (Å²) in [5.41, 5.74) is 1.70. The van der Waals surface area contributed by atoms with E-state index in [-0.39, 0.29) is 16.7 Å². The minimum atomic E-state index is -0.338. The van der Waals surface area contributed by atoms with Crippen LogP contribution in [0.5, 0.6) is 0 Å². The third kappa shape index (κ3) is 3.10. The molecule has 0 amide bonds. The Balaban J connectivity index is 1.82. The van der Waals surface area contributed by atoms with Crippen LogP contribution >= 0.6 is 0 Å². The number of hydrogen-bond acceptors (Lipinski definition) is 4. The van der Waals surface area contributed by atoms with Crippen molar-refractivity contribution in [1.82, 2.24) is 4.90 Å². The lowest BCUT2D eigenvalue weighted by Crippen LogP contribution is -2.22. The second-order valence-electron chi connectivity index (χ2n) is 5.66. The monoisotopic (exact) mass is 310 g/mol. The van der Waals surface area contributed by atoms with Crippen LogP contribution < -0.4 is 0 Å². The topological polar surface area (TPSA) is 59.5 Å². The van der Waals surface area contributed by atoms with Crippen molar-refractivity contribution < 1.29 is 9.34 Å². The molecule has 0 aliphatic rings. The molecule has 5 heteroatoms. The van der Waals surface area contributed by atoms with Crippen molar-refractivity contribution in [1.29, 1.82) is 0 Å². The molecule has 1 atom stereocenters. The highest BCUT2D eigenvalue weighted by atomic mass is 16.6. The summed E-state index contributed by atoms with van der Waals surface area (Å²) in [6.45, 7) is 2.52. The van der Waals surface area contributed by atoms with E-state index in [0.717, 1.165) is 16.7 Å². The van der Waals surface area contributed by atoms with E-state index >= 15 is 0 Å². The Labute approximate surface area is 134 Å². The van der Waals surface area contributed by atoms with Gasteiger partial charge >= 0.3 is 0 Å². The van der Waals surface area contributed by atoms with Gasteiger partial charge in [-0.2, -0.15) is 0 Å². The second-order valence-corrected chi connectivity index (χ2v) is 5.66. The number of rotatable bonds is 5. The lowest BCUT2D eigenvalue weighted by atomic mass is 10.1. The van der Waals surface area contributed by atoms with E-state index in [4.69, 9.17) is 4.42 Å². The van der Waals surface area contributed by atoms with E-state index in [1.54, 1.807) is 12.1 Å². The maximum absolute atomic E-state index is 11.1. The summed E-state index contributed by atoms with van der Waals surface area (Å²) in [7, 11) is 1.94. The predicted molar refractivity (Wildman–Crippen MR) is 89.2 cm³/mol. The zero-order valence-electron chi connectivity index (χ0n) is 13.1. The molecule has 1 heterocycles. The number of hydrogen-bond donors (Lipinski definition) is 0. The van der Waals surface area contributed by atoms with Gasteiger partial charge < -0.3 is 4.42 Å². The molecule has 1 unspecified atom stereocenters. The second kappa shape index (κ2) is 6.22. The Morgan fingerprint density at radius 1 is 1.17 bits per heavy atom. The van der Waals surface area contributed by atoms with Gasteiger partial charge in [-0.1, -0.05) is 36.4 Å². The molecule has 3 rings (SSSR count). The van der Waals surface area contributed by atoms with Crippen LogP contribution in [0.1, 0.15) is 24.3 Å². The average Bonchev–Trinajstić information content (AvgIpc) is 2.98. The van der Waals surface area contributed by atoms with Crippen molar-refractivity contribution in [3.05, 3.63) is 76.0 Å². The number of furan rings is 1. The first-order valence-electron chi connectivity index (χ1n) is 7.47. The lowest BCUT2D eigenvalue weighted by molar-refractivity contribution is -0.385. The summed E-state index contributed by atoms with van der Waals surface area (Å²) in [5, 5.41) is 12.2. The fourth-order valence-corrected chi connectivity index (χ4v) is 2.65. The minimum absolute atomic E-state index is 0.0159. The van der Waals surface area contributed by atoms with Gasteiger partial charge in [0, 0.05) is 23.6 Å². The number of nitro benzene ring substituents is 1. The van der Waals surface area contributed by atoms with Crippen molar-refractivity contribution in [2.75, 3.05) is 7.05 Å². The number of para-hydroxylation sites is 2. The fourth-order valence-electron chi connectivity index (χ4n) is 2.65. The van der Waals surface area contributed by atoms with E-state index in [9.17, 15) is 10.1 Å². The number of nitro groups is 1. The van der Waals surface area contributed by atoms with Gasteiger partial charge in [0.2, 0.25) is 0 Å². The van der Waals surface area contributed by atoms with E-state index in [2.05, 4.69) is 0 Å². The van der Waals surface area contributed by atoms with Gasteiger partial charge in [0.1, 0.15) is 11.3 Å². The van der Waals surface area contributed by atoms with Crippen LogP contribution in [-0.4, -0.2) is 16.9 Å². The number of fused-ring (bicyclic) bond motifs is 1. The molecule has 0 spiro atoms. The molecular formula is C18H18N2O3. The summed E-state index contributed by atoms with van der Waals surface area (Å²) in [5.74, 6) is 0.854. The molecule has 0 aliphatic heterocycles. The molecule has 118 valence electrons. The van der Waals surface area contributed by atoms with Crippen molar-refractivity contribution in [2.45, 2.75) is 19.5 Å². The van der Waals surface area contributed by atoms with Crippen LogP contribution in [0, 0.1) is 10.1 Å². The Morgan fingerprint density at radius 3 is 2.61 bits per heavy atom. The van der Waals surface area contributed by atoms with Crippen molar-refractivity contribution in [3.63, 3.8) is 0 Å². The summed E-state index contributed by atoms with van der Waals surface area (Å²) >= 11 is 0. The first-order chi connectivity index (χ1) is 11.1. The van der Waals surface area contributed by atoms with E-state index in [1.807, 2.05) is 55.3 Å². The molecule has 0 fully saturated rings. The lowest BCUT2D eigenvalue weighted by Gasteiger charge is -2.22. The largest absolute Gasteiger partial charge is 0.459 e. The van der Waals surface area contributed by atoms with E-state index < -0.39 is 0 Å². The van der Waals surface area contributed by atoms with E-state index in [1.165, 1.54) is 6.07 Å². The standard InChI is InChI=1S/C18H18N2O3/c1-13(18-11-14-7-4-6-10-17(14)23-18)19(2)12-15-8-3-5-9-16(15)20(21)22/h3-11,13H,12H2,1-2H3. The van der Waals surface area contributed by atoms with Crippen LogP contribution in [0.2, 0.25) is 0 Å². The maximum Gasteiger partial charge on any atom is 0.273 e. The van der Waals surface area contributed by atoms with Crippen LogP contribution in [-0.2, 0) is 6.54 Å². The van der Waals surface area contributed by atoms with Crippen molar-refractivity contribution in [3.8, 4) is 0 Å². The highest BCUT2D eigenvalue weighted by Crippen LogP contribution is 2.28. The predicted octanol–water partition coefficient (Wildman–Crippen LogP) is 4.53. The molecular weight excluding hydrogens is 292 g/mol. The normalized spacial score (nSPS) is 12.7. The Hall–Kier alpha value is -2.66. The van der Waals surface area contributed by atoms with Gasteiger partial charge in [-0.25, -0.2) is 0 Å². The van der Waals surface area contributed by atoms with Crippen molar-refractivity contribution in [2.24, 2.45) is 0 Å². The Morgan fingerprint density at radius 2 is 1.87 bits per heavy atom. The molecule has 0 radical (unpaired) electrons. The summed E-state index contributed by atoms with van der Waals surface area (Å²) in [6, 6.07) is 16.7. The SMILES string of the molecule is CC(c1cc2ccccc2o1)N(C)Cc1ccccc1[N+](=O)[O-]. The Kier molecular flexibility index (Phi) is 4.12. The van der Waals surface area contributed by atoms with Crippen LogP contribution in [0.15, 0.2) is 59.0 Å². The molecule has 1 aromatic heterocycles. The summed E-state index contributed by atoms with van der Waals surface area (Å²) in [6.07, 6.45) is 0.